The number of nitrogens with zero attached hydrogens (tertiary/aromatic N) is 6. The van der Waals surface area contributed by atoms with Crippen LogP contribution >= 0.6 is 11.6 Å². The summed E-state index contributed by atoms with van der Waals surface area (Å²) in [6.07, 6.45) is 0. The third kappa shape index (κ3) is 4.37. The second-order valence-electron chi connectivity index (χ2n) is 8.84. The van der Waals surface area contributed by atoms with Crippen molar-refractivity contribution in [2.75, 3.05) is 10.2 Å². The summed E-state index contributed by atoms with van der Waals surface area (Å²) in [7, 11) is 0. The second-order valence-corrected chi connectivity index (χ2v) is 9.23. The van der Waals surface area contributed by atoms with Crippen LogP contribution in [0.3, 0.4) is 0 Å². The maximum atomic E-state index is 11.7. The van der Waals surface area contributed by atoms with Gasteiger partial charge < -0.3 is 15.3 Å². The summed E-state index contributed by atoms with van der Waals surface area (Å²) in [5, 5.41) is 32.3. The average molecular weight is 510 g/mol. The SMILES string of the molecule is Cc1cc([C@@H](C)Nc2ccc(Cl)nc2C(=O)O)c2nc(N3Cc4cccc(C#N)c4C3)c(C#N)nc2c1. The molecule has 4 aromatic rings. The zero-order valence-corrected chi connectivity index (χ0v) is 20.7. The molecule has 0 fully saturated rings. The third-order valence-corrected chi connectivity index (χ3v) is 6.55. The molecule has 3 heterocycles. The zero-order valence-electron chi connectivity index (χ0n) is 19.9. The van der Waals surface area contributed by atoms with E-state index in [1.807, 2.05) is 43.0 Å². The van der Waals surface area contributed by atoms with Crippen molar-refractivity contribution in [3.05, 3.63) is 86.8 Å². The highest BCUT2D eigenvalue weighted by molar-refractivity contribution is 6.29. The van der Waals surface area contributed by atoms with E-state index in [9.17, 15) is 20.4 Å². The Bertz CT molecular complexity index is 1670. The van der Waals surface area contributed by atoms with Gasteiger partial charge in [-0.2, -0.15) is 10.5 Å². The van der Waals surface area contributed by atoms with Gasteiger partial charge in [-0.1, -0.05) is 29.8 Å². The Hall–Kier alpha value is -4.73. The minimum Gasteiger partial charge on any atom is -0.476 e. The summed E-state index contributed by atoms with van der Waals surface area (Å²) in [5.41, 5.74) is 5.74. The Morgan fingerprint density at radius 1 is 1.14 bits per heavy atom. The van der Waals surface area contributed by atoms with Crippen molar-refractivity contribution in [2.45, 2.75) is 33.0 Å². The van der Waals surface area contributed by atoms with E-state index in [-0.39, 0.29) is 22.6 Å². The standard InChI is InChI=1S/C27H20ClN7O2/c1-14-8-18(15(2)31-20-6-7-23(28)33-25(20)27(36)37)24-21(9-14)32-22(11-30)26(34-24)35-12-17-5-3-4-16(10-29)19(17)13-35/h3-9,15,31H,12-13H2,1-2H3,(H,36,37)/t15-/m1/s1. The average Bonchev–Trinajstić information content (AvgIpc) is 3.32. The number of hydrogen-bond donors (Lipinski definition) is 2. The first-order valence-electron chi connectivity index (χ1n) is 11.4. The number of anilines is 2. The fourth-order valence-electron chi connectivity index (χ4n) is 4.65. The molecule has 0 radical (unpaired) electrons. The number of pyridine rings is 1. The quantitative estimate of drug-likeness (QED) is 0.351. The van der Waals surface area contributed by atoms with Gasteiger partial charge in [-0.3, -0.25) is 0 Å². The number of benzene rings is 2. The normalized spacial score (nSPS) is 13.1. The zero-order chi connectivity index (χ0) is 26.3. The predicted octanol–water partition coefficient (Wildman–Crippen LogP) is 5.12. The molecule has 0 spiro atoms. The number of hydrogen-bond acceptors (Lipinski definition) is 8. The number of halogens is 1. The van der Waals surface area contributed by atoms with Crippen LogP contribution in [0.2, 0.25) is 5.15 Å². The number of rotatable bonds is 5. The van der Waals surface area contributed by atoms with Gasteiger partial charge in [0.05, 0.1) is 34.4 Å². The summed E-state index contributed by atoms with van der Waals surface area (Å²) >= 11 is 5.90. The highest BCUT2D eigenvalue weighted by Crippen LogP contribution is 2.34. The van der Waals surface area contributed by atoms with Crippen LogP contribution in [-0.2, 0) is 13.1 Å². The molecule has 0 bridgehead atoms. The van der Waals surface area contributed by atoms with Gasteiger partial charge in [0.1, 0.15) is 11.2 Å². The first-order valence-corrected chi connectivity index (χ1v) is 11.8. The van der Waals surface area contributed by atoms with Gasteiger partial charge >= 0.3 is 5.97 Å². The van der Waals surface area contributed by atoms with Crippen molar-refractivity contribution < 1.29 is 9.90 Å². The van der Waals surface area contributed by atoms with Crippen molar-refractivity contribution >= 4 is 40.1 Å². The van der Waals surface area contributed by atoms with Crippen LogP contribution in [0.5, 0.6) is 0 Å². The molecule has 0 aliphatic carbocycles. The molecule has 0 saturated carbocycles. The van der Waals surface area contributed by atoms with Crippen molar-refractivity contribution in [1.29, 1.82) is 10.5 Å². The van der Waals surface area contributed by atoms with Crippen LogP contribution in [0.25, 0.3) is 11.0 Å². The van der Waals surface area contributed by atoms with Gasteiger partial charge in [0, 0.05) is 18.7 Å². The fraction of sp³-hybridized carbons (Fsp3) is 0.185. The van der Waals surface area contributed by atoms with E-state index in [2.05, 4.69) is 27.4 Å². The molecule has 2 aromatic heterocycles. The Morgan fingerprint density at radius 2 is 1.95 bits per heavy atom. The van der Waals surface area contributed by atoms with E-state index in [1.54, 1.807) is 12.1 Å². The molecule has 10 heteroatoms. The smallest absolute Gasteiger partial charge is 0.356 e. The number of carboxylic acids is 1. The molecule has 182 valence electrons. The summed E-state index contributed by atoms with van der Waals surface area (Å²) in [6.45, 7) is 4.76. The number of nitriles is 2. The molecule has 9 nitrogen and oxygen atoms in total. The number of aromatic nitrogens is 3. The predicted molar refractivity (Wildman–Crippen MR) is 138 cm³/mol. The number of aryl methyl sites for hydroxylation is 1. The first-order chi connectivity index (χ1) is 17.8. The minimum atomic E-state index is -1.20. The van der Waals surface area contributed by atoms with Crippen LogP contribution in [0.1, 0.15) is 57.0 Å². The van der Waals surface area contributed by atoms with E-state index < -0.39 is 5.97 Å². The topological polar surface area (TPSA) is 139 Å². The number of carbonyl (C=O) groups is 1. The Morgan fingerprint density at radius 3 is 2.68 bits per heavy atom. The summed E-state index contributed by atoms with van der Waals surface area (Å²) in [5.74, 6) is -0.760. The van der Waals surface area contributed by atoms with Crippen molar-refractivity contribution in [3.8, 4) is 12.1 Å². The first kappa shape index (κ1) is 24.0. The molecule has 2 N–H and O–H groups in total. The number of nitrogens with one attached hydrogen (secondary N) is 1. The third-order valence-electron chi connectivity index (χ3n) is 6.34. The molecule has 0 saturated heterocycles. The van der Waals surface area contributed by atoms with Gasteiger partial charge in [0.15, 0.2) is 17.2 Å². The Balaban J connectivity index is 1.59. The molecule has 2 aromatic carbocycles. The maximum absolute atomic E-state index is 11.7. The molecular formula is C27H20ClN7O2. The van der Waals surface area contributed by atoms with Gasteiger partial charge in [0.2, 0.25) is 0 Å². The van der Waals surface area contributed by atoms with Crippen LogP contribution < -0.4 is 10.2 Å². The highest BCUT2D eigenvalue weighted by Gasteiger charge is 2.27. The molecule has 37 heavy (non-hydrogen) atoms. The fourth-order valence-corrected chi connectivity index (χ4v) is 4.80. The Kier molecular flexibility index (Phi) is 6.08. The monoisotopic (exact) mass is 509 g/mol. The van der Waals surface area contributed by atoms with Crippen LogP contribution in [-0.4, -0.2) is 26.0 Å². The molecule has 1 aliphatic rings. The number of aromatic carboxylic acids is 1. The van der Waals surface area contributed by atoms with Gasteiger partial charge in [-0.15, -0.1) is 0 Å². The molecule has 5 rings (SSSR count). The van der Waals surface area contributed by atoms with Gasteiger partial charge in [0.25, 0.3) is 0 Å². The van der Waals surface area contributed by atoms with E-state index in [1.165, 1.54) is 6.07 Å². The lowest BCUT2D eigenvalue weighted by Crippen LogP contribution is -2.19. The Labute approximate surface area is 217 Å². The summed E-state index contributed by atoms with van der Waals surface area (Å²) < 4.78 is 0. The lowest BCUT2D eigenvalue weighted by molar-refractivity contribution is 0.0691. The van der Waals surface area contributed by atoms with Crippen molar-refractivity contribution in [1.82, 2.24) is 15.0 Å². The van der Waals surface area contributed by atoms with Crippen LogP contribution in [0.4, 0.5) is 11.5 Å². The van der Waals surface area contributed by atoms with Crippen LogP contribution in [0, 0.1) is 29.6 Å². The molecule has 0 unspecified atom stereocenters. The lowest BCUT2D eigenvalue weighted by atomic mass is 10.0. The van der Waals surface area contributed by atoms with Gasteiger partial charge in [-0.25, -0.2) is 19.7 Å². The van der Waals surface area contributed by atoms with E-state index >= 15 is 0 Å². The number of carboxylic acid groups (broad SMARTS) is 1. The van der Waals surface area contributed by atoms with Crippen molar-refractivity contribution in [3.63, 3.8) is 0 Å². The highest BCUT2D eigenvalue weighted by atomic mass is 35.5. The van der Waals surface area contributed by atoms with E-state index in [4.69, 9.17) is 16.6 Å². The van der Waals surface area contributed by atoms with Crippen molar-refractivity contribution in [2.24, 2.45) is 0 Å². The van der Waals surface area contributed by atoms with E-state index in [0.29, 0.717) is 41.2 Å². The van der Waals surface area contributed by atoms with Gasteiger partial charge in [-0.05, 0) is 54.8 Å². The molecule has 0 amide bonds. The minimum absolute atomic E-state index is 0.0855. The van der Waals surface area contributed by atoms with Crippen LogP contribution in [0.15, 0.2) is 42.5 Å². The summed E-state index contributed by atoms with van der Waals surface area (Å²) in [6, 6.07) is 16.6. The molecule has 1 atom stereocenters. The van der Waals surface area contributed by atoms with E-state index in [0.717, 1.165) is 22.3 Å². The largest absolute Gasteiger partial charge is 0.476 e. The lowest BCUT2D eigenvalue weighted by Gasteiger charge is -2.22. The second kappa shape index (κ2) is 9.38. The maximum Gasteiger partial charge on any atom is 0.356 e. The summed E-state index contributed by atoms with van der Waals surface area (Å²) in [4.78, 5) is 27.1. The molecule has 1 aliphatic heterocycles. The molecular weight excluding hydrogens is 490 g/mol. The number of fused-ring (bicyclic) bond motifs is 2.